The normalized spacial score (nSPS) is 23.4. The molecule has 1 fully saturated rings. The molecule has 1 aliphatic heterocycles. The lowest BCUT2D eigenvalue weighted by atomic mass is 9.96. The number of hydrogen-bond donors (Lipinski definition) is 1. The van der Waals surface area contributed by atoms with Crippen LogP contribution in [0.3, 0.4) is 0 Å². The third-order valence-corrected chi connectivity index (χ3v) is 3.73. The smallest absolute Gasteiger partial charge is 0.310 e. The van der Waals surface area contributed by atoms with Crippen molar-refractivity contribution in [3.8, 4) is 0 Å². The van der Waals surface area contributed by atoms with Crippen molar-refractivity contribution in [2.45, 2.75) is 26.3 Å². The van der Waals surface area contributed by atoms with E-state index in [4.69, 9.17) is 14.0 Å². The zero-order valence-corrected chi connectivity index (χ0v) is 12.7. The minimum Gasteiger partial charge on any atom is -0.468 e. The number of nitrogens with zero attached hydrogens (tertiary/aromatic N) is 1. The van der Waals surface area contributed by atoms with Crippen LogP contribution in [-0.4, -0.2) is 43.0 Å². The molecule has 1 aliphatic rings. The van der Waals surface area contributed by atoms with Gasteiger partial charge in [0.1, 0.15) is 5.76 Å². The van der Waals surface area contributed by atoms with Gasteiger partial charge in [-0.05, 0) is 18.6 Å². The molecule has 0 spiro atoms. The fraction of sp³-hybridized carbons (Fsp3) is 0.667. The first kappa shape index (κ1) is 16.0. The van der Waals surface area contributed by atoms with E-state index in [1.54, 1.807) is 18.4 Å². The third-order valence-electron chi connectivity index (χ3n) is 3.73. The Balaban J connectivity index is 1.94. The van der Waals surface area contributed by atoms with E-state index in [-0.39, 0.29) is 31.1 Å². The molecule has 0 amide bonds. The Labute approximate surface area is 124 Å². The lowest BCUT2D eigenvalue weighted by molar-refractivity contribution is -0.159. The Bertz CT molecular complexity index is 457. The third kappa shape index (κ3) is 3.84. The number of hydrogen-bond acceptors (Lipinski definition) is 6. The first-order valence-electron chi connectivity index (χ1n) is 7.08. The monoisotopic (exact) mass is 297 g/mol. The van der Waals surface area contributed by atoms with Crippen molar-refractivity contribution >= 4 is 5.97 Å². The van der Waals surface area contributed by atoms with Crippen molar-refractivity contribution in [1.82, 2.24) is 5.06 Å². The quantitative estimate of drug-likeness (QED) is 0.807. The molecule has 1 saturated heterocycles. The number of hydroxylamine groups is 2. The predicted molar refractivity (Wildman–Crippen MR) is 75.1 cm³/mol. The van der Waals surface area contributed by atoms with E-state index in [1.165, 1.54) is 0 Å². The van der Waals surface area contributed by atoms with Gasteiger partial charge in [0.15, 0.2) is 0 Å². The van der Waals surface area contributed by atoms with Gasteiger partial charge in [0.25, 0.3) is 0 Å². The molecule has 1 aromatic rings. The summed E-state index contributed by atoms with van der Waals surface area (Å²) < 4.78 is 10.7. The van der Waals surface area contributed by atoms with E-state index in [1.807, 2.05) is 26.0 Å². The maximum Gasteiger partial charge on any atom is 0.310 e. The van der Waals surface area contributed by atoms with Gasteiger partial charge >= 0.3 is 5.97 Å². The van der Waals surface area contributed by atoms with Crippen LogP contribution in [0.2, 0.25) is 0 Å². The number of aliphatic hydroxyl groups excluding tert-OH is 1. The maximum absolute atomic E-state index is 12.2. The Morgan fingerprint density at radius 2 is 2.33 bits per heavy atom. The number of rotatable bonds is 6. The van der Waals surface area contributed by atoms with E-state index in [0.717, 1.165) is 5.76 Å². The SMILES string of the molecule is CON1C[C@H](C(=O)OCC(C)(C)CO)C[C@@H]1c1ccco1. The Hall–Kier alpha value is -1.37. The van der Waals surface area contributed by atoms with Gasteiger partial charge < -0.3 is 19.1 Å². The Kier molecular flexibility index (Phi) is 5.03. The summed E-state index contributed by atoms with van der Waals surface area (Å²) in [5, 5.41) is 10.9. The van der Waals surface area contributed by atoms with Crippen molar-refractivity contribution in [2.24, 2.45) is 11.3 Å². The van der Waals surface area contributed by atoms with Crippen LogP contribution in [0.15, 0.2) is 22.8 Å². The lowest BCUT2D eigenvalue weighted by Crippen LogP contribution is -2.29. The van der Waals surface area contributed by atoms with E-state index >= 15 is 0 Å². The standard InChI is InChI=1S/C15H23NO5/c1-15(2,9-17)10-21-14(18)11-7-12(16(8-11)19-3)13-5-4-6-20-13/h4-6,11-12,17H,7-10H2,1-3H3/t11-,12-/m1/s1. The summed E-state index contributed by atoms with van der Waals surface area (Å²) in [5.41, 5.74) is -0.421. The summed E-state index contributed by atoms with van der Waals surface area (Å²) >= 11 is 0. The minimum absolute atomic E-state index is 0.0236. The van der Waals surface area contributed by atoms with E-state index < -0.39 is 5.41 Å². The average molecular weight is 297 g/mol. The number of aliphatic hydroxyl groups is 1. The summed E-state index contributed by atoms with van der Waals surface area (Å²) in [4.78, 5) is 17.5. The summed E-state index contributed by atoms with van der Waals surface area (Å²) in [7, 11) is 1.58. The van der Waals surface area contributed by atoms with Gasteiger partial charge in [-0.3, -0.25) is 4.79 Å². The second kappa shape index (κ2) is 6.60. The Morgan fingerprint density at radius 3 is 2.90 bits per heavy atom. The molecule has 6 nitrogen and oxygen atoms in total. The number of carbonyl (C=O) groups excluding carboxylic acids is 1. The van der Waals surface area contributed by atoms with Crippen LogP contribution < -0.4 is 0 Å². The molecule has 1 aromatic heterocycles. The summed E-state index contributed by atoms with van der Waals surface area (Å²) in [6.45, 7) is 4.35. The van der Waals surface area contributed by atoms with E-state index in [2.05, 4.69) is 0 Å². The van der Waals surface area contributed by atoms with Crippen LogP contribution in [0, 0.1) is 11.3 Å². The maximum atomic E-state index is 12.2. The highest BCUT2D eigenvalue weighted by Crippen LogP contribution is 2.36. The molecule has 0 bridgehead atoms. The van der Waals surface area contributed by atoms with Crippen LogP contribution in [-0.2, 0) is 14.4 Å². The number of ether oxygens (including phenoxy) is 1. The van der Waals surface area contributed by atoms with Crippen LogP contribution in [0.5, 0.6) is 0 Å². The highest BCUT2D eigenvalue weighted by atomic mass is 16.7. The first-order valence-corrected chi connectivity index (χ1v) is 7.08. The molecule has 1 N–H and O–H groups in total. The molecule has 2 atom stereocenters. The van der Waals surface area contributed by atoms with Crippen LogP contribution in [0.4, 0.5) is 0 Å². The largest absolute Gasteiger partial charge is 0.468 e. The molecule has 118 valence electrons. The number of carbonyl (C=O) groups is 1. The van der Waals surface area contributed by atoms with Gasteiger partial charge in [-0.15, -0.1) is 0 Å². The van der Waals surface area contributed by atoms with Gasteiger partial charge in [0.05, 0.1) is 38.5 Å². The fourth-order valence-corrected chi connectivity index (χ4v) is 2.35. The number of esters is 1. The van der Waals surface area contributed by atoms with E-state index in [9.17, 15) is 9.90 Å². The van der Waals surface area contributed by atoms with Gasteiger partial charge in [-0.25, -0.2) is 0 Å². The van der Waals surface area contributed by atoms with Crippen molar-refractivity contribution in [3.05, 3.63) is 24.2 Å². The van der Waals surface area contributed by atoms with Crippen molar-refractivity contribution < 1.29 is 23.9 Å². The molecule has 2 heterocycles. The van der Waals surface area contributed by atoms with Gasteiger partial charge in [-0.1, -0.05) is 13.8 Å². The molecule has 0 aliphatic carbocycles. The highest BCUT2D eigenvalue weighted by molar-refractivity contribution is 5.73. The van der Waals surface area contributed by atoms with Crippen LogP contribution in [0.1, 0.15) is 32.1 Å². The first-order chi connectivity index (χ1) is 9.96. The van der Waals surface area contributed by atoms with Gasteiger partial charge in [-0.2, -0.15) is 5.06 Å². The Morgan fingerprint density at radius 1 is 1.57 bits per heavy atom. The lowest BCUT2D eigenvalue weighted by Gasteiger charge is -2.22. The molecular weight excluding hydrogens is 274 g/mol. The molecule has 6 heteroatoms. The van der Waals surface area contributed by atoms with Crippen molar-refractivity contribution in [3.63, 3.8) is 0 Å². The summed E-state index contributed by atoms with van der Waals surface area (Å²) in [6.07, 6.45) is 2.21. The predicted octanol–water partition coefficient (Wildman–Crippen LogP) is 1.77. The van der Waals surface area contributed by atoms with Crippen molar-refractivity contribution in [1.29, 1.82) is 0 Å². The molecule has 0 unspecified atom stereocenters. The zero-order valence-electron chi connectivity index (χ0n) is 12.7. The molecule has 21 heavy (non-hydrogen) atoms. The second-order valence-electron chi connectivity index (χ2n) is 6.18. The number of furan rings is 1. The van der Waals surface area contributed by atoms with E-state index in [0.29, 0.717) is 13.0 Å². The minimum atomic E-state index is -0.421. The van der Waals surface area contributed by atoms with Crippen LogP contribution in [0.25, 0.3) is 0 Å². The topological polar surface area (TPSA) is 72.1 Å². The zero-order chi connectivity index (χ0) is 15.5. The summed E-state index contributed by atoms with van der Waals surface area (Å²) in [5.74, 6) is 0.269. The summed E-state index contributed by atoms with van der Waals surface area (Å²) in [6, 6.07) is 3.62. The van der Waals surface area contributed by atoms with Crippen LogP contribution >= 0.6 is 0 Å². The average Bonchev–Trinajstić information content (AvgIpc) is 3.12. The van der Waals surface area contributed by atoms with Crippen molar-refractivity contribution in [2.75, 3.05) is 26.9 Å². The second-order valence-corrected chi connectivity index (χ2v) is 6.18. The molecule has 0 aromatic carbocycles. The van der Waals surface area contributed by atoms with Gasteiger partial charge in [0.2, 0.25) is 0 Å². The fourth-order valence-electron chi connectivity index (χ4n) is 2.35. The molecule has 0 saturated carbocycles. The molecule has 2 rings (SSSR count). The highest BCUT2D eigenvalue weighted by Gasteiger charge is 2.40. The van der Waals surface area contributed by atoms with Gasteiger partial charge in [0, 0.05) is 12.0 Å². The molecular formula is C15H23NO5. The molecule has 0 radical (unpaired) electrons.